The Bertz CT molecular complexity index is 331. The van der Waals surface area contributed by atoms with Gasteiger partial charge in [0.15, 0.2) is 5.82 Å². The molecule has 0 aromatic carbocycles. The molecule has 2 rings (SSSR count). The van der Waals surface area contributed by atoms with Crippen molar-refractivity contribution in [2.24, 2.45) is 0 Å². The van der Waals surface area contributed by atoms with Gasteiger partial charge in [-0.25, -0.2) is 9.97 Å². The summed E-state index contributed by atoms with van der Waals surface area (Å²) in [4.78, 5) is 7.96. The first-order valence-corrected chi connectivity index (χ1v) is 5.19. The second-order valence-electron chi connectivity index (χ2n) is 3.87. The van der Waals surface area contributed by atoms with Crippen LogP contribution in [0.2, 0.25) is 0 Å². The van der Waals surface area contributed by atoms with Gasteiger partial charge in [-0.3, -0.25) is 0 Å². The highest BCUT2D eigenvalue weighted by Gasteiger charge is 2.19. The topological polar surface area (TPSA) is 73.1 Å². The monoisotopic (exact) mass is 208 g/mol. The van der Waals surface area contributed by atoms with E-state index in [-0.39, 0.29) is 0 Å². The predicted molar refractivity (Wildman–Crippen MR) is 58.5 cm³/mol. The lowest BCUT2D eigenvalue weighted by Gasteiger charge is -2.28. The van der Waals surface area contributed by atoms with Crippen LogP contribution in [-0.2, 0) is 4.74 Å². The molecule has 0 amide bonds. The fraction of sp³-hybridized carbons (Fsp3) is 0.600. The number of hydrogen-bond donors (Lipinski definition) is 2. The van der Waals surface area contributed by atoms with Gasteiger partial charge in [0.2, 0.25) is 0 Å². The van der Waals surface area contributed by atoms with Crippen molar-refractivity contribution in [3.8, 4) is 0 Å². The molecule has 0 saturated carbocycles. The first-order valence-electron chi connectivity index (χ1n) is 5.19. The van der Waals surface area contributed by atoms with Crippen molar-refractivity contribution in [3.05, 3.63) is 12.5 Å². The van der Waals surface area contributed by atoms with Crippen molar-refractivity contribution in [3.63, 3.8) is 0 Å². The van der Waals surface area contributed by atoms with Gasteiger partial charge in [0.05, 0.1) is 18.0 Å². The van der Waals surface area contributed by atoms with Gasteiger partial charge in [-0.05, 0) is 19.8 Å². The number of aromatic nitrogens is 2. The summed E-state index contributed by atoms with van der Waals surface area (Å²) >= 11 is 0. The Morgan fingerprint density at radius 2 is 2.47 bits per heavy atom. The second kappa shape index (κ2) is 4.44. The summed E-state index contributed by atoms with van der Waals surface area (Å²) in [6.45, 7) is 2.88. The van der Waals surface area contributed by atoms with E-state index in [2.05, 4.69) is 22.2 Å². The first-order chi connectivity index (χ1) is 7.25. The third kappa shape index (κ3) is 2.56. The van der Waals surface area contributed by atoms with E-state index in [1.807, 2.05) is 0 Å². The van der Waals surface area contributed by atoms with Crippen LogP contribution in [0.15, 0.2) is 12.5 Å². The number of nitrogens with zero attached hydrogens (tertiary/aromatic N) is 2. The smallest absolute Gasteiger partial charge is 0.152 e. The number of rotatable bonds is 2. The van der Waals surface area contributed by atoms with Gasteiger partial charge < -0.3 is 15.8 Å². The zero-order valence-electron chi connectivity index (χ0n) is 8.81. The van der Waals surface area contributed by atoms with E-state index < -0.39 is 0 Å². The summed E-state index contributed by atoms with van der Waals surface area (Å²) in [5.74, 6) is 0.726. The van der Waals surface area contributed by atoms with E-state index in [0.717, 1.165) is 25.3 Å². The van der Waals surface area contributed by atoms with Crippen LogP contribution < -0.4 is 11.1 Å². The molecule has 15 heavy (non-hydrogen) atoms. The van der Waals surface area contributed by atoms with Crippen LogP contribution in [0.25, 0.3) is 0 Å². The average Bonchev–Trinajstić information content (AvgIpc) is 2.22. The molecule has 82 valence electrons. The van der Waals surface area contributed by atoms with Gasteiger partial charge in [-0.1, -0.05) is 0 Å². The molecule has 1 aliphatic heterocycles. The molecule has 5 heteroatoms. The van der Waals surface area contributed by atoms with Crippen LogP contribution in [0.4, 0.5) is 11.5 Å². The molecule has 3 N–H and O–H groups in total. The Labute approximate surface area is 89.1 Å². The van der Waals surface area contributed by atoms with Crippen molar-refractivity contribution in [2.75, 3.05) is 17.7 Å². The molecular weight excluding hydrogens is 192 g/mol. The lowest BCUT2D eigenvalue weighted by Crippen LogP contribution is -2.33. The minimum atomic E-state index is 0.305. The van der Waals surface area contributed by atoms with Gasteiger partial charge in [-0.15, -0.1) is 0 Å². The highest BCUT2D eigenvalue weighted by Crippen LogP contribution is 2.20. The third-order valence-corrected chi connectivity index (χ3v) is 2.57. The molecule has 2 heterocycles. The number of nitrogens with one attached hydrogen (secondary N) is 1. The van der Waals surface area contributed by atoms with Gasteiger partial charge in [0.1, 0.15) is 6.33 Å². The van der Waals surface area contributed by atoms with Gasteiger partial charge in [0.25, 0.3) is 0 Å². The molecule has 1 saturated heterocycles. The Balaban J connectivity index is 1.99. The van der Waals surface area contributed by atoms with E-state index in [9.17, 15) is 0 Å². The lowest BCUT2D eigenvalue weighted by molar-refractivity contribution is 0.0232. The average molecular weight is 208 g/mol. The first kappa shape index (κ1) is 10.2. The maximum atomic E-state index is 5.75. The molecule has 5 nitrogen and oxygen atoms in total. The van der Waals surface area contributed by atoms with E-state index in [4.69, 9.17) is 10.5 Å². The lowest BCUT2D eigenvalue weighted by atomic mass is 10.0. The molecule has 0 aliphatic carbocycles. The number of hydrogen-bond acceptors (Lipinski definition) is 5. The SMILES string of the molecule is CC1CC(Nc2ncncc2N)CCO1. The molecule has 1 aromatic rings. The minimum Gasteiger partial charge on any atom is -0.394 e. The molecule has 0 radical (unpaired) electrons. The molecule has 2 unspecified atom stereocenters. The molecule has 2 atom stereocenters. The largest absolute Gasteiger partial charge is 0.394 e. The van der Waals surface area contributed by atoms with Crippen LogP contribution >= 0.6 is 0 Å². The van der Waals surface area contributed by atoms with Gasteiger partial charge >= 0.3 is 0 Å². The minimum absolute atomic E-state index is 0.305. The molecular formula is C10H16N4O. The van der Waals surface area contributed by atoms with E-state index >= 15 is 0 Å². The summed E-state index contributed by atoms with van der Waals surface area (Å²) in [5, 5.41) is 3.32. The number of anilines is 2. The Morgan fingerprint density at radius 3 is 3.20 bits per heavy atom. The van der Waals surface area contributed by atoms with E-state index in [0.29, 0.717) is 17.8 Å². The van der Waals surface area contributed by atoms with E-state index in [1.54, 1.807) is 6.20 Å². The third-order valence-electron chi connectivity index (χ3n) is 2.57. The molecule has 1 fully saturated rings. The summed E-state index contributed by atoms with van der Waals surface area (Å²) in [6.07, 6.45) is 5.40. The standard InChI is InChI=1S/C10H16N4O/c1-7-4-8(2-3-15-7)14-10-9(11)5-12-6-13-10/h5-8H,2-4,11H2,1H3,(H,12,13,14). The normalized spacial score (nSPS) is 26.2. The highest BCUT2D eigenvalue weighted by atomic mass is 16.5. The fourth-order valence-electron chi connectivity index (χ4n) is 1.78. The van der Waals surface area contributed by atoms with Crippen molar-refractivity contribution in [1.82, 2.24) is 9.97 Å². The zero-order valence-corrected chi connectivity index (χ0v) is 8.81. The van der Waals surface area contributed by atoms with Crippen molar-refractivity contribution >= 4 is 11.5 Å². The van der Waals surface area contributed by atoms with Crippen LogP contribution in [0.1, 0.15) is 19.8 Å². The van der Waals surface area contributed by atoms with Crippen LogP contribution in [0.3, 0.4) is 0 Å². The quantitative estimate of drug-likeness (QED) is 0.759. The van der Waals surface area contributed by atoms with Crippen molar-refractivity contribution < 1.29 is 4.74 Å². The van der Waals surface area contributed by atoms with Gasteiger partial charge in [-0.2, -0.15) is 0 Å². The zero-order chi connectivity index (χ0) is 10.7. The molecule has 0 bridgehead atoms. The van der Waals surface area contributed by atoms with E-state index in [1.165, 1.54) is 6.33 Å². The number of nitrogens with two attached hydrogens (primary N) is 1. The Morgan fingerprint density at radius 1 is 1.60 bits per heavy atom. The van der Waals surface area contributed by atoms with Gasteiger partial charge in [0, 0.05) is 12.6 Å². The number of nitrogen functional groups attached to an aromatic ring is 1. The molecule has 1 aliphatic rings. The maximum Gasteiger partial charge on any atom is 0.152 e. The Kier molecular flexibility index (Phi) is 3.01. The van der Waals surface area contributed by atoms with Crippen LogP contribution in [0.5, 0.6) is 0 Å². The summed E-state index contributed by atoms with van der Waals surface area (Å²) in [6, 6.07) is 0.394. The Hall–Kier alpha value is -1.36. The summed E-state index contributed by atoms with van der Waals surface area (Å²) in [7, 11) is 0. The molecule has 0 spiro atoms. The molecule has 1 aromatic heterocycles. The second-order valence-corrected chi connectivity index (χ2v) is 3.87. The van der Waals surface area contributed by atoms with Crippen molar-refractivity contribution in [2.45, 2.75) is 31.9 Å². The fourth-order valence-corrected chi connectivity index (χ4v) is 1.78. The highest BCUT2D eigenvalue weighted by molar-refractivity contribution is 5.59. The summed E-state index contributed by atoms with van der Waals surface area (Å²) in [5.41, 5.74) is 6.35. The predicted octanol–water partition coefficient (Wildman–Crippen LogP) is 1.04. The van der Waals surface area contributed by atoms with Crippen molar-refractivity contribution in [1.29, 1.82) is 0 Å². The number of ether oxygens (including phenoxy) is 1. The van der Waals surface area contributed by atoms with Crippen LogP contribution in [0, 0.1) is 0 Å². The summed E-state index contributed by atoms with van der Waals surface area (Å²) < 4.78 is 5.47. The van der Waals surface area contributed by atoms with Crippen LogP contribution in [-0.4, -0.2) is 28.7 Å². The maximum absolute atomic E-state index is 5.75.